The van der Waals surface area contributed by atoms with E-state index in [1.165, 1.54) is 77.0 Å². The molecule has 2 atom stereocenters. The Labute approximate surface area is 190 Å². The summed E-state index contributed by atoms with van der Waals surface area (Å²) in [6.07, 6.45) is 16.1. The molecule has 0 bridgehead atoms. The van der Waals surface area contributed by atoms with Gasteiger partial charge in [-0.3, -0.25) is 4.52 Å². The molecule has 0 fully saturated rings. The second kappa shape index (κ2) is 23.3. The number of aliphatic hydroxyl groups excluding tert-OH is 2. The van der Waals surface area contributed by atoms with E-state index in [1.54, 1.807) is 0 Å². The molecule has 0 radical (unpaired) electrons. The first kappa shape index (κ1) is 32.7. The molecule has 0 saturated heterocycles. The molecule has 2 unspecified atom stereocenters. The van der Waals surface area contributed by atoms with E-state index in [9.17, 15) is 4.57 Å². The molecule has 0 aromatic rings. The Balaban J connectivity index is -0.000000210. The first-order valence-corrected chi connectivity index (χ1v) is 11.8. The van der Waals surface area contributed by atoms with E-state index in [2.05, 4.69) is 25.3 Å². The van der Waals surface area contributed by atoms with Crippen molar-refractivity contribution >= 4 is 7.82 Å². The number of phosphoric acid groups is 1. The van der Waals surface area contributed by atoms with Crippen LogP contribution in [0.4, 0.5) is 0 Å². The Kier molecular flexibility index (Phi) is 28.2. The first-order chi connectivity index (χ1) is 12.3. The standard InChI is InChI=1S/C16H34.C3H9O6P.Na.H/c1-4-6-8-10-11-13-15-16(3)14-12-9-7-5-2;4-1-3(5)2-9-10(6,7)8;;/h16H,4-15H2,1-3H3;3-5H,1-2H2,(H2,6,7,8);;/q;;+1;-1. The summed E-state index contributed by atoms with van der Waals surface area (Å²) in [5.74, 6) is 0.975. The zero-order valence-corrected chi connectivity index (χ0v) is 21.0. The quantitative estimate of drug-likeness (QED) is 0.172. The van der Waals surface area contributed by atoms with Gasteiger partial charge in [-0.15, -0.1) is 0 Å². The molecule has 6 nitrogen and oxygen atoms in total. The third kappa shape index (κ3) is 31.9. The van der Waals surface area contributed by atoms with Crippen LogP contribution in [0.15, 0.2) is 0 Å². The zero-order valence-electron chi connectivity index (χ0n) is 19.1. The molecule has 0 rings (SSSR count). The molecular weight excluding hydrogens is 378 g/mol. The van der Waals surface area contributed by atoms with Gasteiger partial charge in [0.1, 0.15) is 6.10 Å². The first-order valence-electron chi connectivity index (χ1n) is 10.3. The number of unbranched alkanes of at least 4 members (excludes halogenated alkanes) is 8. The fraction of sp³-hybridized carbons (Fsp3) is 1.00. The molecule has 0 saturated carbocycles. The summed E-state index contributed by atoms with van der Waals surface area (Å²) in [5.41, 5.74) is 0. The predicted octanol–water partition coefficient (Wildman–Crippen LogP) is 1.91. The van der Waals surface area contributed by atoms with Crippen LogP contribution in [0.5, 0.6) is 0 Å². The summed E-state index contributed by atoms with van der Waals surface area (Å²) in [5, 5.41) is 16.7. The van der Waals surface area contributed by atoms with Gasteiger partial charge in [0.05, 0.1) is 13.2 Å². The Morgan fingerprint density at radius 2 is 1.30 bits per heavy atom. The molecule has 0 heterocycles. The predicted molar refractivity (Wildman–Crippen MR) is 108 cm³/mol. The van der Waals surface area contributed by atoms with Gasteiger partial charge in [0.2, 0.25) is 0 Å². The second-order valence-electron chi connectivity index (χ2n) is 7.13. The van der Waals surface area contributed by atoms with Crippen molar-refractivity contribution in [2.75, 3.05) is 13.2 Å². The van der Waals surface area contributed by atoms with Crippen LogP contribution in [0.1, 0.15) is 99.2 Å². The van der Waals surface area contributed by atoms with Gasteiger partial charge in [-0.2, -0.15) is 0 Å². The fourth-order valence-electron chi connectivity index (χ4n) is 2.57. The van der Waals surface area contributed by atoms with E-state index in [0.717, 1.165) is 5.92 Å². The maximum absolute atomic E-state index is 9.93. The zero-order chi connectivity index (χ0) is 20.3. The van der Waals surface area contributed by atoms with Crippen molar-refractivity contribution in [3.63, 3.8) is 0 Å². The van der Waals surface area contributed by atoms with E-state index in [0.29, 0.717) is 0 Å². The van der Waals surface area contributed by atoms with Crippen LogP contribution in [0, 0.1) is 5.92 Å². The third-order valence-electron chi connectivity index (χ3n) is 4.25. The molecule has 0 spiro atoms. The maximum atomic E-state index is 9.93. The Bertz CT molecular complexity index is 334. The summed E-state index contributed by atoms with van der Waals surface area (Å²) in [6, 6.07) is 0. The SMILES string of the molecule is CCCCCCCCC(C)CCCCCC.O=P(O)(O)OCC(O)CO.[H-].[Na+]. The minimum Gasteiger partial charge on any atom is -1.00 e. The average molecular weight is 423 g/mol. The molecule has 0 aliphatic carbocycles. The van der Waals surface area contributed by atoms with E-state index in [-0.39, 0.29) is 31.0 Å². The van der Waals surface area contributed by atoms with E-state index >= 15 is 0 Å². The fourth-order valence-corrected chi connectivity index (χ4v) is 2.94. The van der Waals surface area contributed by atoms with Gasteiger partial charge in [-0.05, 0) is 5.92 Å². The van der Waals surface area contributed by atoms with Crippen molar-refractivity contribution in [1.82, 2.24) is 0 Å². The van der Waals surface area contributed by atoms with Gasteiger partial charge in [0, 0.05) is 0 Å². The van der Waals surface area contributed by atoms with Gasteiger partial charge >= 0.3 is 37.4 Å². The van der Waals surface area contributed by atoms with Gasteiger partial charge in [0.15, 0.2) is 0 Å². The molecule has 4 N–H and O–H groups in total. The molecule has 0 aliphatic rings. The van der Waals surface area contributed by atoms with E-state index in [1.807, 2.05) is 0 Å². The summed E-state index contributed by atoms with van der Waals surface area (Å²) in [7, 11) is -4.50. The number of rotatable bonds is 16. The van der Waals surface area contributed by atoms with Crippen molar-refractivity contribution in [2.24, 2.45) is 5.92 Å². The van der Waals surface area contributed by atoms with Gasteiger partial charge in [-0.1, -0.05) is 97.8 Å². The van der Waals surface area contributed by atoms with Crippen LogP contribution >= 0.6 is 7.82 Å². The van der Waals surface area contributed by atoms with Crippen LogP contribution < -0.4 is 29.6 Å². The molecule has 0 aliphatic heterocycles. The smallest absolute Gasteiger partial charge is 1.00 e. The summed E-state index contributed by atoms with van der Waals surface area (Å²) >= 11 is 0. The normalized spacial score (nSPS) is 13.3. The van der Waals surface area contributed by atoms with Gasteiger partial charge < -0.3 is 21.4 Å². The molecule has 0 aromatic heterocycles. The number of hydrogen-bond donors (Lipinski definition) is 4. The van der Waals surface area contributed by atoms with Crippen molar-refractivity contribution in [3.05, 3.63) is 0 Å². The van der Waals surface area contributed by atoms with Crippen molar-refractivity contribution in [1.29, 1.82) is 0 Å². The molecule has 8 heteroatoms. The minimum absolute atomic E-state index is 0. The van der Waals surface area contributed by atoms with Crippen LogP contribution in [0.3, 0.4) is 0 Å². The van der Waals surface area contributed by atoms with Crippen LogP contribution in [0.25, 0.3) is 0 Å². The summed E-state index contributed by atoms with van der Waals surface area (Å²) in [4.78, 5) is 16.1. The molecular formula is C19H44NaO6P. The monoisotopic (exact) mass is 422 g/mol. The second-order valence-corrected chi connectivity index (χ2v) is 8.37. The molecule has 0 aromatic carbocycles. The number of phosphoric ester groups is 1. The molecule has 0 amide bonds. The van der Waals surface area contributed by atoms with Crippen molar-refractivity contribution < 1.29 is 60.1 Å². The minimum atomic E-state index is -4.50. The van der Waals surface area contributed by atoms with Gasteiger partial charge in [-0.25, -0.2) is 4.57 Å². The summed E-state index contributed by atoms with van der Waals surface area (Å²) in [6.45, 7) is 5.87. The van der Waals surface area contributed by atoms with E-state index in [4.69, 9.17) is 20.0 Å². The van der Waals surface area contributed by atoms with Gasteiger partial charge in [0.25, 0.3) is 0 Å². The van der Waals surface area contributed by atoms with E-state index < -0.39 is 27.1 Å². The molecule has 162 valence electrons. The van der Waals surface area contributed by atoms with Crippen LogP contribution in [-0.4, -0.2) is 39.3 Å². The van der Waals surface area contributed by atoms with Crippen LogP contribution in [0.2, 0.25) is 0 Å². The number of aliphatic hydroxyl groups is 2. The van der Waals surface area contributed by atoms with Crippen molar-refractivity contribution in [2.45, 2.75) is 104 Å². The largest absolute Gasteiger partial charge is 1.00 e. The Morgan fingerprint density at radius 1 is 0.889 bits per heavy atom. The topological polar surface area (TPSA) is 107 Å². The third-order valence-corrected chi connectivity index (χ3v) is 4.73. The van der Waals surface area contributed by atoms with Crippen LogP contribution in [-0.2, 0) is 9.09 Å². The maximum Gasteiger partial charge on any atom is 1.00 e. The Morgan fingerprint density at radius 3 is 1.70 bits per heavy atom. The Hall–Kier alpha value is 1.03. The van der Waals surface area contributed by atoms with Crippen molar-refractivity contribution in [3.8, 4) is 0 Å². The number of hydrogen-bond acceptors (Lipinski definition) is 4. The summed E-state index contributed by atoms with van der Waals surface area (Å²) < 4.78 is 13.8. The molecule has 27 heavy (non-hydrogen) atoms. The average Bonchev–Trinajstić information content (AvgIpc) is 2.59.